The van der Waals surface area contributed by atoms with Gasteiger partial charge in [-0.3, -0.25) is 4.79 Å². The zero-order valence-corrected chi connectivity index (χ0v) is 16.6. The molecule has 0 atom stereocenters. The second-order valence-electron chi connectivity index (χ2n) is 7.10. The van der Waals surface area contributed by atoms with Gasteiger partial charge >= 0.3 is 0 Å². The Hall–Kier alpha value is -4.17. The molecule has 0 radical (unpaired) electrons. The van der Waals surface area contributed by atoms with E-state index in [0.29, 0.717) is 17.0 Å². The molecule has 0 unspecified atom stereocenters. The van der Waals surface area contributed by atoms with Crippen molar-refractivity contribution in [3.8, 4) is 17.4 Å². The molecular weight excluding hydrogens is 374 g/mol. The van der Waals surface area contributed by atoms with E-state index in [4.69, 9.17) is 4.52 Å². The van der Waals surface area contributed by atoms with Crippen LogP contribution in [-0.4, -0.2) is 11.1 Å². The molecule has 0 aliphatic heterocycles. The maximum atomic E-state index is 12.7. The van der Waals surface area contributed by atoms with Crippen molar-refractivity contribution >= 4 is 28.6 Å². The summed E-state index contributed by atoms with van der Waals surface area (Å²) in [6.45, 7) is 3.87. The van der Waals surface area contributed by atoms with Gasteiger partial charge in [0.2, 0.25) is 0 Å². The van der Waals surface area contributed by atoms with Gasteiger partial charge < -0.3 is 9.84 Å². The molecule has 5 heteroatoms. The second kappa shape index (κ2) is 8.06. The first kappa shape index (κ1) is 19.2. The lowest BCUT2D eigenvalue weighted by Gasteiger charge is -2.08. The molecule has 0 bridgehead atoms. The van der Waals surface area contributed by atoms with E-state index >= 15 is 0 Å². The third-order valence-electron chi connectivity index (χ3n) is 4.85. The molecule has 4 aromatic rings. The summed E-state index contributed by atoms with van der Waals surface area (Å²) in [5, 5.41) is 17.3. The molecule has 30 heavy (non-hydrogen) atoms. The molecule has 1 amide bonds. The Morgan fingerprint density at radius 1 is 1.07 bits per heavy atom. The number of hydrogen-bond acceptors (Lipinski definition) is 4. The van der Waals surface area contributed by atoms with E-state index in [9.17, 15) is 10.1 Å². The van der Waals surface area contributed by atoms with E-state index in [1.54, 1.807) is 6.08 Å². The van der Waals surface area contributed by atoms with Crippen molar-refractivity contribution in [3.05, 3.63) is 89.0 Å². The molecule has 0 spiro atoms. The van der Waals surface area contributed by atoms with Crippen LogP contribution in [-0.2, 0) is 4.79 Å². The molecule has 0 saturated heterocycles. The summed E-state index contributed by atoms with van der Waals surface area (Å²) in [6.07, 6.45) is 1.57. The van der Waals surface area contributed by atoms with Crippen LogP contribution in [0.5, 0.6) is 0 Å². The third kappa shape index (κ3) is 3.85. The van der Waals surface area contributed by atoms with Gasteiger partial charge in [-0.15, -0.1) is 0 Å². The van der Waals surface area contributed by atoms with E-state index in [1.165, 1.54) is 0 Å². The summed E-state index contributed by atoms with van der Waals surface area (Å²) in [5.41, 5.74) is 5.03. The van der Waals surface area contributed by atoms with Crippen LogP contribution in [0.25, 0.3) is 28.3 Å². The first-order valence-electron chi connectivity index (χ1n) is 9.50. The van der Waals surface area contributed by atoms with E-state index in [-0.39, 0.29) is 5.57 Å². The molecule has 1 heterocycles. The van der Waals surface area contributed by atoms with Gasteiger partial charge in [-0.05, 0) is 54.8 Å². The summed E-state index contributed by atoms with van der Waals surface area (Å²) in [5.74, 6) is 0.207. The summed E-state index contributed by atoms with van der Waals surface area (Å²) in [4.78, 5) is 12.7. The maximum absolute atomic E-state index is 12.7. The molecular formula is C25H19N3O2. The van der Waals surface area contributed by atoms with Crippen LogP contribution in [0.2, 0.25) is 0 Å². The molecule has 0 saturated carbocycles. The quantitative estimate of drug-likeness (QED) is 0.358. The Morgan fingerprint density at radius 2 is 1.87 bits per heavy atom. The van der Waals surface area contributed by atoms with Gasteiger partial charge in [0.25, 0.3) is 5.91 Å². The highest BCUT2D eigenvalue weighted by atomic mass is 16.5. The molecule has 0 aliphatic carbocycles. The van der Waals surface area contributed by atoms with Gasteiger partial charge in [-0.1, -0.05) is 53.7 Å². The fourth-order valence-corrected chi connectivity index (χ4v) is 3.22. The van der Waals surface area contributed by atoms with Crippen molar-refractivity contribution < 1.29 is 9.32 Å². The Bertz CT molecular complexity index is 1310. The minimum atomic E-state index is -0.445. The van der Waals surface area contributed by atoms with Crippen LogP contribution < -0.4 is 5.32 Å². The number of hydrogen-bond donors (Lipinski definition) is 1. The molecule has 4 rings (SSSR count). The zero-order chi connectivity index (χ0) is 21.1. The van der Waals surface area contributed by atoms with Crippen LogP contribution in [0.3, 0.4) is 0 Å². The average molecular weight is 393 g/mol. The highest BCUT2D eigenvalue weighted by Crippen LogP contribution is 2.29. The number of carbonyl (C=O) groups excluding carboxylic acids is 1. The molecule has 5 nitrogen and oxygen atoms in total. The highest BCUT2D eigenvalue weighted by molar-refractivity contribution is 6.10. The molecule has 3 aromatic carbocycles. The molecule has 0 aliphatic rings. The first-order valence-corrected chi connectivity index (χ1v) is 9.50. The minimum absolute atomic E-state index is 0.0213. The van der Waals surface area contributed by atoms with Crippen LogP contribution in [0.15, 0.2) is 76.8 Å². The number of nitriles is 1. The zero-order valence-electron chi connectivity index (χ0n) is 16.6. The summed E-state index contributed by atoms with van der Waals surface area (Å²) >= 11 is 0. The fraction of sp³-hybridized carbons (Fsp3) is 0.0800. The van der Waals surface area contributed by atoms with Gasteiger partial charge in [0, 0.05) is 11.3 Å². The lowest BCUT2D eigenvalue weighted by molar-refractivity contribution is -0.112. The van der Waals surface area contributed by atoms with Gasteiger partial charge in [-0.2, -0.15) is 5.26 Å². The van der Waals surface area contributed by atoms with Gasteiger partial charge in [-0.25, -0.2) is 0 Å². The predicted molar refractivity (Wildman–Crippen MR) is 118 cm³/mol. The number of nitrogens with zero attached hydrogens (tertiary/aromatic N) is 2. The Morgan fingerprint density at radius 3 is 2.63 bits per heavy atom. The average Bonchev–Trinajstić information content (AvgIpc) is 3.18. The minimum Gasteiger partial charge on any atom is -0.355 e. The molecule has 0 fully saturated rings. The number of amides is 1. The largest absolute Gasteiger partial charge is 0.355 e. The Kier molecular flexibility index (Phi) is 5.15. The summed E-state index contributed by atoms with van der Waals surface area (Å²) in [7, 11) is 0. The smallest absolute Gasteiger partial charge is 0.266 e. The van der Waals surface area contributed by atoms with Crippen molar-refractivity contribution in [2.75, 3.05) is 5.32 Å². The number of nitrogens with one attached hydrogen (secondary N) is 1. The van der Waals surface area contributed by atoms with Crippen molar-refractivity contribution in [2.45, 2.75) is 13.8 Å². The number of rotatable bonds is 4. The van der Waals surface area contributed by atoms with Crippen LogP contribution in [0.1, 0.15) is 16.7 Å². The molecule has 1 aromatic heterocycles. The number of carbonyl (C=O) groups is 1. The number of anilines is 1. The third-order valence-corrected chi connectivity index (χ3v) is 4.85. The maximum Gasteiger partial charge on any atom is 0.266 e. The molecule has 146 valence electrons. The van der Waals surface area contributed by atoms with Crippen LogP contribution in [0, 0.1) is 25.2 Å². The lowest BCUT2D eigenvalue weighted by Crippen LogP contribution is -2.14. The summed E-state index contributed by atoms with van der Waals surface area (Å²) in [6, 6.07) is 23.0. The van der Waals surface area contributed by atoms with Crippen LogP contribution in [0.4, 0.5) is 5.69 Å². The Balaban J connectivity index is 1.67. The lowest BCUT2D eigenvalue weighted by atomic mass is 10.0. The number of fused-ring (bicyclic) bond motifs is 1. The van der Waals surface area contributed by atoms with Gasteiger partial charge in [0.05, 0.1) is 5.39 Å². The number of aryl methyl sites for hydroxylation is 2. The van der Waals surface area contributed by atoms with Gasteiger partial charge in [0.1, 0.15) is 17.2 Å². The second-order valence-corrected chi connectivity index (χ2v) is 7.10. The van der Waals surface area contributed by atoms with E-state index in [1.807, 2.05) is 86.6 Å². The summed E-state index contributed by atoms with van der Waals surface area (Å²) < 4.78 is 5.52. The van der Waals surface area contributed by atoms with Crippen LogP contribution >= 0.6 is 0 Å². The fourth-order valence-electron chi connectivity index (χ4n) is 3.22. The monoisotopic (exact) mass is 393 g/mol. The molecule has 1 N–H and O–H groups in total. The van der Waals surface area contributed by atoms with E-state index in [2.05, 4.69) is 10.5 Å². The van der Waals surface area contributed by atoms with Crippen molar-refractivity contribution in [1.29, 1.82) is 5.26 Å². The van der Waals surface area contributed by atoms with Gasteiger partial charge in [0.15, 0.2) is 5.76 Å². The van der Waals surface area contributed by atoms with Crippen molar-refractivity contribution in [1.82, 2.24) is 5.16 Å². The predicted octanol–water partition coefficient (Wildman–Crippen LogP) is 5.66. The highest BCUT2D eigenvalue weighted by Gasteiger charge is 2.14. The topological polar surface area (TPSA) is 78.9 Å². The number of benzene rings is 3. The van der Waals surface area contributed by atoms with Crippen molar-refractivity contribution in [3.63, 3.8) is 0 Å². The van der Waals surface area contributed by atoms with Crippen molar-refractivity contribution in [2.24, 2.45) is 0 Å². The Labute approximate surface area is 174 Å². The SMILES string of the molecule is Cc1ccc(C)c(NC(=O)/C(C#N)=C/c2ccc3noc(-c4ccccc4)c3c2)c1. The van der Waals surface area contributed by atoms with E-state index < -0.39 is 5.91 Å². The standard InChI is InChI=1S/C25H19N3O2/c1-16-8-9-17(2)23(12-16)27-25(29)20(15-26)13-18-10-11-22-21(14-18)24(30-28-22)19-6-4-3-5-7-19/h3-14H,1-2H3,(H,27,29)/b20-13+. The van der Waals surface area contributed by atoms with E-state index in [0.717, 1.165) is 27.6 Å². The normalized spacial score (nSPS) is 11.3. The number of aromatic nitrogens is 1. The first-order chi connectivity index (χ1) is 14.5.